The average molecular weight is 302 g/mol. The Bertz CT molecular complexity index is 701. The number of urea groups is 1. The van der Waals surface area contributed by atoms with Gasteiger partial charge in [-0.1, -0.05) is 24.3 Å². The van der Waals surface area contributed by atoms with Crippen molar-refractivity contribution in [2.45, 2.75) is 4.90 Å². The average Bonchev–Trinajstić information content (AvgIpc) is 2.81. The van der Waals surface area contributed by atoms with Crippen LogP contribution in [-0.2, 0) is 4.79 Å². The van der Waals surface area contributed by atoms with Gasteiger partial charge < -0.3 is 10.4 Å². The fraction of sp³-hybridized carbons (Fsp3) is 0.200. The summed E-state index contributed by atoms with van der Waals surface area (Å²) in [5, 5.41) is 14.1. The van der Waals surface area contributed by atoms with Crippen molar-refractivity contribution in [2.75, 3.05) is 18.8 Å². The lowest BCUT2D eigenvalue weighted by Gasteiger charge is -2.12. The van der Waals surface area contributed by atoms with Crippen LogP contribution in [0, 0.1) is 0 Å². The number of hydrogen-bond acceptors (Lipinski definition) is 4. The third-order valence-electron chi connectivity index (χ3n) is 3.37. The van der Waals surface area contributed by atoms with Gasteiger partial charge in [0.1, 0.15) is 5.75 Å². The van der Waals surface area contributed by atoms with E-state index in [1.807, 2.05) is 30.3 Å². The van der Waals surface area contributed by atoms with Crippen LogP contribution in [0.3, 0.4) is 0 Å². The predicted octanol–water partition coefficient (Wildman–Crippen LogP) is 2.19. The molecule has 1 heterocycles. The van der Waals surface area contributed by atoms with Crippen LogP contribution in [0.25, 0.3) is 10.8 Å². The van der Waals surface area contributed by atoms with Gasteiger partial charge >= 0.3 is 6.03 Å². The highest BCUT2D eigenvalue weighted by molar-refractivity contribution is 7.99. The Labute approximate surface area is 125 Å². The molecule has 2 aromatic carbocycles. The third-order valence-corrected chi connectivity index (χ3v) is 4.42. The fourth-order valence-electron chi connectivity index (χ4n) is 2.31. The lowest BCUT2D eigenvalue weighted by Crippen LogP contribution is -2.32. The number of phenols is 1. The number of thioether (sulfide) groups is 1. The number of benzene rings is 2. The van der Waals surface area contributed by atoms with Gasteiger partial charge in [0, 0.05) is 22.6 Å². The summed E-state index contributed by atoms with van der Waals surface area (Å²) in [6.45, 7) is 0.468. The molecule has 3 rings (SSSR count). The Morgan fingerprint density at radius 1 is 1.14 bits per heavy atom. The van der Waals surface area contributed by atoms with Crippen LogP contribution < -0.4 is 5.32 Å². The first-order chi connectivity index (χ1) is 10.2. The van der Waals surface area contributed by atoms with Gasteiger partial charge in [0.25, 0.3) is 0 Å². The molecule has 1 aliphatic heterocycles. The molecule has 1 aliphatic rings. The summed E-state index contributed by atoms with van der Waals surface area (Å²) in [5.41, 5.74) is 0. The van der Waals surface area contributed by atoms with Crippen LogP contribution in [0.15, 0.2) is 41.3 Å². The minimum Gasteiger partial charge on any atom is -0.507 e. The van der Waals surface area contributed by atoms with Crippen molar-refractivity contribution in [3.05, 3.63) is 36.4 Å². The minimum absolute atomic E-state index is 0.0889. The molecular formula is C15H14N2O3S. The smallest absolute Gasteiger partial charge is 0.324 e. The predicted molar refractivity (Wildman–Crippen MR) is 81.4 cm³/mol. The van der Waals surface area contributed by atoms with E-state index in [0.29, 0.717) is 12.3 Å². The van der Waals surface area contributed by atoms with Crippen LogP contribution in [0.4, 0.5) is 4.79 Å². The van der Waals surface area contributed by atoms with Gasteiger partial charge in [-0.05, 0) is 17.5 Å². The number of phenolic OH excluding ortho intramolecular Hbond substituents is 1. The first-order valence-corrected chi connectivity index (χ1v) is 7.57. The highest BCUT2D eigenvalue weighted by Gasteiger charge is 2.27. The molecule has 2 N–H and O–H groups in total. The maximum Gasteiger partial charge on any atom is 0.324 e. The Hall–Kier alpha value is -2.21. The standard InChI is InChI=1S/C15H14N2O3S/c18-12-5-6-13(11-4-2-1-3-10(11)12)21-8-7-17-14(19)9-16-15(17)20/h1-6,18H,7-9H2,(H,16,20). The van der Waals surface area contributed by atoms with Crippen molar-refractivity contribution in [2.24, 2.45) is 0 Å². The highest BCUT2D eigenvalue weighted by atomic mass is 32.2. The molecule has 2 aromatic rings. The number of amides is 3. The molecule has 21 heavy (non-hydrogen) atoms. The molecule has 0 radical (unpaired) electrons. The SMILES string of the molecule is O=C1CNC(=O)N1CCSc1ccc(O)c2ccccc12. The van der Waals surface area contributed by atoms with Gasteiger partial charge in [-0.2, -0.15) is 0 Å². The number of carbonyl (C=O) groups is 2. The van der Waals surface area contributed by atoms with Crippen molar-refractivity contribution in [1.82, 2.24) is 10.2 Å². The molecule has 1 saturated heterocycles. The fourth-order valence-corrected chi connectivity index (χ4v) is 3.30. The van der Waals surface area contributed by atoms with Gasteiger partial charge in [0.05, 0.1) is 6.54 Å². The van der Waals surface area contributed by atoms with Crippen LogP contribution >= 0.6 is 11.8 Å². The highest BCUT2D eigenvalue weighted by Crippen LogP contribution is 2.33. The molecule has 0 aliphatic carbocycles. The largest absolute Gasteiger partial charge is 0.507 e. The van der Waals surface area contributed by atoms with E-state index >= 15 is 0 Å². The quantitative estimate of drug-likeness (QED) is 0.671. The lowest BCUT2D eigenvalue weighted by atomic mass is 10.1. The van der Waals surface area contributed by atoms with E-state index in [4.69, 9.17) is 0 Å². The third kappa shape index (κ3) is 2.67. The van der Waals surface area contributed by atoms with E-state index in [9.17, 15) is 14.7 Å². The Morgan fingerprint density at radius 2 is 1.90 bits per heavy atom. The minimum atomic E-state index is -0.323. The van der Waals surface area contributed by atoms with Crippen molar-refractivity contribution in [3.8, 4) is 5.75 Å². The van der Waals surface area contributed by atoms with E-state index in [2.05, 4.69) is 5.32 Å². The molecule has 0 atom stereocenters. The van der Waals surface area contributed by atoms with Gasteiger partial charge in [-0.15, -0.1) is 11.8 Å². The number of nitrogens with zero attached hydrogens (tertiary/aromatic N) is 1. The van der Waals surface area contributed by atoms with E-state index in [1.165, 1.54) is 4.90 Å². The zero-order valence-corrected chi connectivity index (χ0v) is 12.0. The number of rotatable bonds is 4. The Morgan fingerprint density at radius 3 is 2.62 bits per heavy atom. The van der Waals surface area contributed by atoms with Crippen molar-refractivity contribution >= 4 is 34.5 Å². The molecule has 0 spiro atoms. The van der Waals surface area contributed by atoms with Gasteiger partial charge in [0.15, 0.2) is 0 Å². The summed E-state index contributed by atoms with van der Waals surface area (Å²) in [6.07, 6.45) is 0. The normalized spacial score (nSPS) is 14.8. The molecule has 108 valence electrons. The number of fused-ring (bicyclic) bond motifs is 1. The van der Waals surface area contributed by atoms with Crippen LogP contribution in [-0.4, -0.2) is 40.8 Å². The summed E-state index contributed by atoms with van der Waals surface area (Å²) in [4.78, 5) is 25.2. The summed E-state index contributed by atoms with van der Waals surface area (Å²) in [5.74, 6) is 0.689. The lowest BCUT2D eigenvalue weighted by molar-refractivity contribution is -0.124. The van der Waals surface area contributed by atoms with Gasteiger partial charge in [0.2, 0.25) is 5.91 Å². The molecular weight excluding hydrogens is 288 g/mol. The van der Waals surface area contributed by atoms with E-state index in [0.717, 1.165) is 15.7 Å². The first-order valence-electron chi connectivity index (χ1n) is 6.58. The van der Waals surface area contributed by atoms with E-state index in [1.54, 1.807) is 17.8 Å². The number of aromatic hydroxyl groups is 1. The molecule has 0 aromatic heterocycles. The molecule has 6 heteroatoms. The van der Waals surface area contributed by atoms with Crippen molar-refractivity contribution < 1.29 is 14.7 Å². The zero-order valence-electron chi connectivity index (χ0n) is 11.2. The van der Waals surface area contributed by atoms with E-state index in [-0.39, 0.29) is 24.2 Å². The summed E-state index contributed by atoms with van der Waals surface area (Å²) >= 11 is 1.56. The number of imide groups is 1. The number of hydrogen-bond donors (Lipinski definition) is 2. The topological polar surface area (TPSA) is 69.6 Å². The maximum absolute atomic E-state index is 11.5. The van der Waals surface area contributed by atoms with Crippen LogP contribution in [0.2, 0.25) is 0 Å². The Balaban J connectivity index is 1.73. The molecule has 0 bridgehead atoms. The molecule has 5 nitrogen and oxygen atoms in total. The number of nitrogens with one attached hydrogen (secondary N) is 1. The second kappa shape index (κ2) is 5.65. The second-order valence-electron chi connectivity index (χ2n) is 4.68. The monoisotopic (exact) mass is 302 g/mol. The Kier molecular flexibility index (Phi) is 3.70. The first kappa shape index (κ1) is 13.8. The molecule has 0 unspecified atom stereocenters. The molecule has 0 saturated carbocycles. The van der Waals surface area contributed by atoms with Gasteiger partial charge in [-0.3, -0.25) is 9.69 Å². The van der Waals surface area contributed by atoms with Crippen molar-refractivity contribution in [3.63, 3.8) is 0 Å². The second-order valence-corrected chi connectivity index (χ2v) is 5.82. The maximum atomic E-state index is 11.5. The molecule has 3 amide bonds. The summed E-state index contributed by atoms with van der Waals surface area (Å²) in [7, 11) is 0. The van der Waals surface area contributed by atoms with Gasteiger partial charge in [-0.25, -0.2) is 4.79 Å². The van der Waals surface area contributed by atoms with E-state index < -0.39 is 0 Å². The molecule has 1 fully saturated rings. The zero-order chi connectivity index (χ0) is 14.8. The number of carbonyl (C=O) groups excluding carboxylic acids is 2. The van der Waals surface area contributed by atoms with Crippen LogP contribution in [0.5, 0.6) is 5.75 Å². The summed E-state index contributed by atoms with van der Waals surface area (Å²) in [6, 6.07) is 10.8. The van der Waals surface area contributed by atoms with Crippen molar-refractivity contribution in [1.29, 1.82) is 0 Å². The summed E-state index contributed by atoms with van der Waals surface area (Å²) < 4.78 is 0. The van der Waals surface area contributed by atoms with Crippen LogP contribution in [0.1, 0.15) is 0 Å².